The van der Waals surface area contributed by atoms with Gasteiger partial charge in [-0.2, -0.15) is 11.3 Å². The van der Waals surface area contributed by atoms with Crippen LogP contribution in [0.4, 0.5) is 0 Å². The van der Waals surface area contributed by atoms with Crippen LogP contribution in [0.5, 0.6) is 0 Å². The van der Waals surface area contributed by atoms with Crippen LogP contribution >= 0.6 is 11.3 Å². The van der Waals surface area contributed by atoms with Crippen LogP contribution in [0, 0.1) is 0 Å². The Morgan fingerprint density at radius 2 is 2.20 bits per heavy atom. The van der Waals surface area contributed by atoms with E-state index in [9.17, 15) is 0 Å². The second-order valence-corrected chi connectivity index (χ2v) is 6.44. The largest absolute Gasteiger partial charge is 0.357 e. The van der Waals surface area contributed by atoms with Crippen LogP contribution in [0.2, 0.25) is 0 Å². The molecule has 20 heavy (non-hydrogen) atoms. The summed E-state index contributed by atoms with van der Waals surface area (Å²) in [4.78, 5) is 4.76. The van der Waals surface area contributed by atoms with Crippen molar-refractivity contribution in [3.63, 3.8) is 0 Å². The summed E-state index contributed by atoms with van der Waals surface area (Å²) in [5.41, 5.74) is 1.40. The van der Waals surface area contributed by atoms with E-state index in [-0.39, 0.29) is 0 Å². The quantitative estimate of drug-likeness (QED) is 0.641. The van der Waals surface area contributed by atoms with E-state index in [1.54, 1.807) is 11.3 Å². The van der Waals surface area contributed by atoms with Gasteiger partial charge in [0.25, 0.3) is 0 Å². The molecular weight excluding hydrogens is 266 g/mol. The first kappa shape index (κ1) is 15.4. The Kier molecular flexibility index (Phi) is 6.37. The molecule has 4 heteroatoms. The number of aliphatic imine (C=N–C) groups is 1. The number of nitrogens with zero attached hydrogens (tertiary/aromatic N) is 1. The van der Waals surface area contributed by atoms with E-state index in [4.69, 9.17) is 4.99 Å². The van der Waals surface area contributed by atoms with Crippen molar-refractivity contribution in [2.24, 2.45) is 4.99 Å². The molecule has 1 atom stereocenters. The molecule has 112 valence electrons. The molecule has 1 aromatic rings. The van der Waals surface area contributed by atoms with Gasteiger partial charge in [-0.3, -0.25) is 4.99 Å². The van der Waals surface area contributed by atoms with Crippen LogP contribution in [0.1, 0.15) is 57.4 Å². The third kappa shape index (κ3) is 4.82. The van der Waals surface area contributed by atoms with Gasteiger partial charge in [0, 0.05) is 25.0 Å². The van der Waals surface area contributed by atoms with E-state index >= 15 is 0 Å². The van der Waals surface area contributed by atoms with Gasteiger partial charge < -0.3 is 10.6 Å². The minimum atomic E-state index is 0.489. The summed E-state index contributed by atoms with van der Waals surface area (Å²) in [7, 11) is 0. The molecule has 0 spiro atoms. The molecule has 3 nitrogen and oxygen atoms in total. The molecule has 0 saturated heterocycles. The van der Waals surface area contributed by atoms with Crippen molar-refractivity contribution in [1.29, 1.82) is 0 Å². The second-order valence-electron chi connectivity index (χ2n) is 5.66. The van der Waals surface area contributed by atoms with Gasteiger partial charge in [0.1, 0.15) is 0 Å². The Morgan fingerprint density at radius 1 is 1.40 bits per heavy atom. The lowest BCUT2D eigenvalue weighted by Crippen LogP contribution is -2.44. The molecule has 0 amide bonds. The van der Waals surface area contributed by atoms with Crippen molar-refractivity contribution in [2.75, 3.05) is 13.1 Å². The first-order valence-corrected chi connectivity index (χ1v) is 8.80. The van der Waals surface area contributed by atoms with Crippen molar-refractivity contribution in [3.05, 3.63) is 22.4 Å². The number of rotatable bonds is 5. The lowest BCUT2D eigenvalue weighted by Gasteiger charge is -2.25. The van der Waals surface area contributed by atoms with Gasteiger partial charge in [0.15, 0.2) is 5.96 Å². The summed E-state index contributed by atoms with van der Waals surface area (Å²) < 4.78 is 0. The van der Waals surface area contributed by atoms with Crippen molar-refractivity contribution in [3.8, 4) is 0 Å². The van der Waals surface area contributed by atoms with Crippen molar-refractivity contribution < 1.29 is 0 Å². The Bertz CT molecular complexity index is 394. The lowest BCUT2D eigenvalue weighted by molar-refractivity contribution is 0.410. The summed E-state index contributed by atoms with van der Waals surface area (Å²) >= 11 is 1.76. The van der Waals surface area contributed by atoms with Crippen LogP contribution in [-0.2, 0) is 0 Å². The van der Waals surface area contributed by atoms with E-state index in [0.29, 0.717) is 12.0 Å². The van der Waals surface area contributed by atoms with Crippen LogP contribution in [0.15, 0.2) is 21.8 Å². The zero-order valence-corrected chi connectivity index (χ0v) is 13.5. The molecule has 1 aromatic heterocycles. The zero-order chi connectivity index (χ0) is 14.2. The molecule has 0 radical (unpaired) electrons. The topological polar surface area (TPSA) is 36.4 Å². The van der Waals surface area contributed by atoms with E-state index in [1.807, 2.05) is 0 Å². The summed E-state index contributed by atoms with van der Waals surface area (Å²) in [5, 5.41) is 11.3. The smallest absolute Gasteiger partial charge is 0.191 e. The maximum atomic E-state index is 4.76. The number of guanidine groups is 1. The lowest BCUT2D eigenvalue weighted by atomic mass is 9.96. The summed E-state index contributed by atoms with van der Waals surface area (Å²) in [6.45, 7) is 6.14. The zero-order valence-electron chi connectivity index (χ0n) is 12.7. The summed E-state index contributed by atoms with van der Waals surface area (Å²) in [6.07, 6.45) is 6.65. The Balaban J connectivity index is 1.87. The predicted molar refractivity (Wildman–Crippen MR) is 88.7 cm³/mol. The molecule has 0 aliphatic heterocycles. The maximum absolute atomic E-state index is 4.76. The normalized spacial score (nSPS) is 18.8. The summed E-state index contributed by atoms with van der Waals surface area (Å²) in [5.74, 6) is 1.48. The molecule has 1 aliphatic rings. The van der Waals surface area contributed by atoms with Gasteiger partial charge in [-0.05, 0) is 42.2 Å². The maximum Gasteiger partial charge on any atom is 0.191 e. The van der Waals surface area contributed by atoms with Crippen molar-refractivity contribution in [2.45, 2.75) is 57.9 Å². The van der Waals surface area contributed by atoms with Gasteiger partial charge in [-0.15, -0.1) is 0 Å². The number of hydrogen-bond acceptors (Lipinski definition) is 2. The van der Waals surface area contributed by atoms with Crippen LogP contribution in [0.25, 0.3) is 0 Å². The third-order valence-electron chi connectivity index (χ3n) is 3.93. The number of nitrogens with one attached hydrogen (secondary N) is 2. The SMILES string of the molecule is CCNC(=NCC(C)c1ccsc1)NC1CCCCC1. The third-order valence-corrected chi connectivity index (χ3v) is 4.63. The molecule has 1 saturated carbocycles. The standard InChI is InChI=1S/C16H27N3S/c1-3-17-16(19-15-7-5-4-6-8-15)18-11-13(2)14-9-10-20-12-14/h9-10,12-13,15H,3-8,11H2,1-2H3,(H2,17,18,19). The predicted octanol–water partition coefficient (Wildman–Crippen LogP) is 3.74. The van der Waals surface area contributed by atoms with Gasteiger partial charge in [-0.1, -0.05) is 26.2 Å². The average Bonchev–Trinajstić information content (AvgIpc) is 3.00. The van der Waals surface area contributed by atoms with Crippen LogP contribution in [0.3, 0.4) is 0 Å². The van der Waals surface area contributed by atoms with Crippen molar-refractivity contribution >= 4 is 17.3 Å². The van der Waals surface area contributed by atoms with Gasteiger partial charge >= 0.3 is 0 Å². The molecule has 0 bridgehead atoms. The van der Waals surface area contributed by atoms with Gasteiger partial charge in [0.05, 0.1) is 0 Å². The molecule has 0 aromatic carbocycles. The minimum Gasteiger partial charge on any atom is -0.357 e. The van der Waals surface area contributed by atoms with Crippen LogP contribution in [-0.4, -0.2) is 25.1 Å². The Morgan fingerprint density at radius 3 is 2.85 bits per heavy atom. The molecule has 1 unspecified atom stereocenters. The molecular formula is C16H27N3S. The molecule has 2 N–H and O–H groups in total. The van der Waals surface area contributed by atoms with Gasteiger partial charge in [0.2, 0.25) is 0 Å². The summed E-state index contributed by atoms with van der Waals surface area (Å²) in [6, 6.07) is 2.81. The van der Waals surface area contributed by atoms with Crippen molar-refractivity contribution in [1.82, 2.24) is 10.6 Å². The first-order valence-electron chi connectivity index (χ1n) is 7.86. The number of hydrogen-bond donors (Lipinski definition) is 2. The highest BCUT2D eigenvalue weighted by atomic mass is 32.1. The first-order chi connectivity index (χ1) is 9.79. The fourth-order valence-electron chi connectivity index (χ4n) is 2.65. The molecule has 2 rings (SSSR count). The van der Waals surface area contributed by atoms with Gasteiger partial charge in [-0.25, -0.2) is 0 Å². The minimum absolute atomic E-state index is 0.489. The molecule has 1 fully saturated rings. The fraction of sp³-hybridized carbons (Fsp3) is 0.688. The highest BCUT2D eigenvalue weighted by Gasteiger charge is 2.14. The average molecular weight is 293 g/mol. The molecule has 1 heterocycles. The van der Waals surface area contributed by atoms with E-state index in [2.05, 4.69) is 41.3 Å². The highest BCUT2D eigenvalue weighted by Crippen LogP contribution is 2.19. The monoisotopic (exact) mass is 293 g/mol. The van der Waals surface area contributed by atoms with E-state index in [0.717, 1.165) is 19.0 Å². The Labute approximate surface area is 126 Å². The Hall–Kier alpha value is -1.03. The fourth-order valence-corrected chi connectivity index (χ4v) is 3.43. The molecule has 1 aliphatic carbocycles. The van der Waals surface area contributed by atoms with E-state index in [1.165, 1.54) is 37.7 Å². The van der Waals surface area contributed by atoms with E-state index < -0.39 is 0 Å². The highest BCUT2D eigenvalue weighted by molar-refractivity contribution is 7.07. The second kappa shape index (κ2) is 8.30. The van der Waals surface area contributed by atoms with Crippen LogP contribution < -0.4 is 10.6 Å². The number of thiophene rings is 1.